The number of carboxylic acids is 1. The normalized spacial score (nSPS) is 16.2. The minimum absolute atomic E-state index is 0.0761. The summed E-state index contributed by atoms with van der Waals surface area (Å²) in [6, 6.07) is 0. The lowest BCUT2D eigenvalue weighted by atomic mass is 10.3. The molecule has 0 unspecified atom stereocenters. The smallest absolute Gasteiger partial charge is 0.354 e. The van der Waals surface area contributed by atoms with Crippen LogP contribution in [0.2, 0.25) is 0 Å². The van der Waals surface area contributed by atoms with Gasteiger partial charge in [0.25, 0.3) is 5.91 Å². The van der Waals surface area contributed by atoms with Crippen molar-refractivity contribution in [2.45, 2.75) is 0 Å². The van der Waals surface area contributed by atoms with Crippen molar-refractivity contribution in [3.05, 3.63) is 17.7 Å². The van der Waals surface area contributed by atoms with Gasteiger partial charge < -0.3 is 20.7 Å². The van der Waals surface area contributed by atoms with Gasteiger partial charge in [0.15, 0.2) is 11.4 Å². The largest absolute Gasteiger partial charge is 0.477 e. The number of carbonyl (C=O) groups is 2. The van der Waals surface area contributed by atoms with E-state index in [4.69, 9.17) is 5.11 Å². The molecular weight excluding hydrogens is 250 g/mol. The third-order valence-electron chi connectivity index (χ3n) is 2.99. The van der Waals surface area contributed by atoms with Gasteiger partial charge in [0.1, 0.15) is 0 Å². The minimum atomic E-state index is -1.19. The molecule has 19 heavy (non-hydrogen) atoms. The number of amides is 1. The second-order valence-electron chi connectivity index (χ2n) is 4.28. The Morgan fingerprint density at radius 2 is 2.16 bits per heavy atom. The topological polar surface area (TPSA) is 110 Å². The van der Waals surface area contributed by atoms with Gasteiger partial charge in [-0.25, -0.2) is 9.78 Å². The second-order valence-corrected chi connectivity index (χ2v) is 4.28. The summed E-state index contributed by atoms with van der Waals surface area (Å²) in [6.07, 6.45) is 1.20. The summed E-state index contributed by atoms with van der Waals surface area (Å²) in [6.45, 7) is 5.05. The molecule has 1 aromatic rings. The molecule has 1 aliphatic heterocycles. The molecule has 1 fully saturated rings. The fraction of sp³-hybridized carbons (Fsp3) is 0.545. The Labute approximate surface area is 110 Å². The van der Waals surface area contributed by atoms with Gasteiger partial charge in [-0.1, -0.05) is 0 Å². The average Bonchev–Trinajstić information content (AvgIpc) is 2.89. The molecule has 1 saturated heterocycles. The highest BCUT2D eigenvalue weighted by Gasteiger charge is 2.19. The number of imidazole rings is 1. The summed E-state index contributed by atoms with van der Waals surface area (Å²) in [7, 11) is 0. The number of nitrogens with one attached hydrogen (secondary N) is 3. The second kappa shape index (κ2) is 6.30. The molecule has 0 radical (unpaired) electrons. The van der Waals surface area contributed by atoms with Crippen LogP contribution in [-0.4, -0.2) is 71.1 Å². The van der Waals surface area contributed by atoms with Crippen LogP contribution < -0.4 is 10.6 Å². The molecule has 1 aliphatic rings. The van der Waals surface area contributed by atoms with E-state index in [1.54, 1.807) is 0 Å². The number of rotatable bonds is 5. The first-order chi connectivity index (χ1) is 9.18. The Bertz CT molecular complexity index is 453. The van der Waals surface area contributed by atoms with Crippen LogP contribution in [-0.2, 0) is 0 Å². The molecule has 0 atom stereocenters. The maximum atomic E-state index is 11.8. The molecule has 8 heteroatoms. The van der Waals surface area contributed by atoms with Crippen LogP contribution in [0.15, 0.2) is 6.33 Å². The van der Waals surface area contributed by atoms with Crippen molar-refractivity contribution in [2.24, 2.45) is 0 Å². The van der Waals surface area contributed by atoms with Gasteiger partial charge in [0, 0.05) is 39.3 Å². The highest BCUT2D eigenvalue weighted by atomic mass is 16.4. The van der Waals surface area contributed by atoms with Crippen molar-refractivity contribution >= 4 is 11.9 Å². The predicted molar refractivity (Wildman–Crippen MR) is 67.2 cm³/mol. The lowest BCUT2D eigenvalue weighted by Gasteiger charge is -2.26. The van der Waals surface area contributed by atoms with E-state index in [1.807, 2.05) is 0 Å². The molecule has 8 nitrogen and oxygen atoms in total. The maximum absolute atomic E-state index is 11.8. The van der Waals surface area contributed by atoms with E-state index < -0.39 is 11.9 Å². The van der Waals surface area contributed by atoms with Gasteiger partial charge in [0.05, 0.1) is 6.33 Å². The Kier molecular flexibility index (Phi) is 4.48. The summed E-state index contributed by atoms with van der Waals surface area (Å²) < 4.78 is 0. The Balaban J connectivity index is 1.80. The van der Waals surface area contributed by atoms with Crippen molar-refractivity contribution in [3.8, 4) is 0 Å². The quantitative estimate of drug-likeness (QED) is 0.530. The monoisotopic (exact) mass is 267 g/mol. The number of carboxylic acid groups (broad SMARTS) is 1. The van der Waals surface area contributed by atoms with E-state index in [-0.39, 0.29) is 11.4 Å². The molecule has 104 valence electrons. The summed E-state index contributed by atoms with van der Waals surface area (Å²) in [5.41, 5.74) is -0.257. The fourth-order valence-electron chi connectivity index (χ4n) is 1.98. The van der Waals surface area contributed by atoms with E-state index in [0.29, 0.717) is 6.54 Å². The molecule has 2 heterocycles. The van der Waals surface area contributed by atoms with E-state index in [2.05, 4.69) is 25.5 Å². The van der Waals surface area contributed by atoms with Crippen LogP contribution in [0, 0.1) is 0 Å². The van der Waals surface area contributed by atoms with Crippen molar-refractivity contribution in [3.63, 3.8) is 0 Å². The average molecular weight is 267 g/mol. The molecular formula is C11H17N5O3. The summed E-state index contributed by atoms with van der Waals surface area (Å²) in [5, 5.41) is 14.8. The van der Waals surface area contributed by atoms with E-state index >= 15 is 0 Å². The number of aromatic carboxylic acids is 1. The molecule has 0 bridgehead atoms. The molecule has 0 aromatic carbocycles. The number of carbonyl (C=O) groups excluding carboxylic acids is 1. The SMILES string of the molecule is O=C(NCCN1CCNCC1)c1nc[nH]c1C(=O)O. The van der Waals surface area contributed by atoms with Crippen molar-refractivity contribution < 1.29 is 14.7 Å². The van der Waals surface area contributed by atoms with Gasteiger partial charge in [-0.05, 0) is 0 Å². The number of aromatic amines is 1. The first-order valence-electron chi connectivity index (χ1n) is 6.16. The zero-order chi connectivity index (χ0) is 13.7. The zero-order valence-corrected chi connectivity index (χ0v) is 10.5. The number of hydrogen-bond donors (Lipinski definition) is 4. The molecule has 1 amide bonds. The van der Waals surface area contributed by atoms with Gasteiger partial charge >= 0.3 is 5.97 Å². The number of piperazine rings is 1. The van der Waals surface area contributed by atoms with Gasteiger partial charge in [-0.2, -0.15) is 0 Å². The Morgan fingerprint density at radius 3 is 2.84 bits per heavy atom. The van der Waals surface area contributed by atoms with Gasteiger partial charge in [-0.3, -0.25) is 9.69 Å². The predicted octanol–water partition coefficient (Wildman–Crippen LogP) is -1.26. The molecule has 4 N–H and O–H groups in total. The Morgan fingerprint density at radius 1 is 1.42 bits per heavy atom. The maximum Gasteiger partial charge on any atom is 0.354 e. The number of nitrogens with zero attached hydrogens (tertiary/aromatic N) is 2. The molecule has 1 aromatic heterocycles. The molecule has 0 saturated carbocycles. The molecule has 0 aliphatic carbocycles. The molecule has 0 spiro atoms. The standard InChI is InChI=1S/C11H17N5O3/c17-10(8-9(11(18)19)15-7-14-8)13-3-6-16-4-1-12-2-5-16/h7,12H,1-6H2,(H,13,17)(H,14,15)(H,18,19). The lowest BCUT2D eigenvalue weighted by Crippen LogP contribution is -2.46. The van der Waals surface area contributed by atoms with Gasteiger partial charge in [0.2, 0.25) is 0 Å². The van der Waals surface area contributed by atoms with Crippen molar-refractivity contribution in [1.82, 2.24) is 25.5 Å². The third-order valence-corrected chi connectivity index (χ3v) is 2.99. The first-order valence-corrected chi connectivity index (χ1v) is 6.16. The highest BCUT2D eigenvalue weighted by molar-refractivity contribution is 6.02. The van der Waals surface area contributed by atoms with E-state index in [0.717, 1.165) is 32.7 Å². The van der Waals surface area contributed by atoms with E-state index in [1.165, 1.54) is 6.33 Å². The number of aromatic nitrogens is 2. The van der Waals surface area contributed by atoms with Crippen molar-refractivity contribution in [2.75, 3.05) is 39.3 Å². The highest BCUT2D eigenvalue weighted by Crippen LogP contribution is 2.02. The molecule has 2 rings (SSSR count). The zero-order valence-electron chi connectivity index (χ0n) is 10.5. The summed E-state index contributed by atoms with van der Waals surface area (Å²) in [5.74, 6) is -1.65. The van der Waals surface area contributed by atoms with Crippen LogP contribution in [0.25, 0.3) is 0 Å². The van der Waals surface area contributed by atoms with Crippen molar-refractivity contribution in [1.29, 1.82) is 0 Å². The fourth-order valence-corrected chi connectivity index (χ4v) is 1.98. The number of H-pyrrole nitrogens is 1. The third kappa shape index (κ3) is 3.52. The number of hydrogen-bond acceptors (Lipinski definition) is 5. The van der Waals surface area contributed by atoms with Crippen LogP contribution >= 0.6 is 0 Å². The van der Waals surface area contributed by atoms with Crippen LogP contribution in [0.1, 0.15) is 21.0 Å². The lowest BCUT2D eigenvalue weighted by molar-refractivity contribution is 0.0685. The summed E-state index contributed by atoms with van der Waals surface area (Å²) in [4.78, 5) is 31.0. The Hall–Kier alpha value is -1.93. The van der Waals surface area contributed by atoms with E-state index in [9.17, 15) is 9.59 Å². The van der Waals surface area contributed by atoms with Crippen LogP contribution in [0.3, 0.4) is 0 Å². The van der Waals surface area contributed by atoms with Crippen LogP contribution in [0.5, 0.6) is 0 Å². The summed E-state index contributed by atoms with van der Waals surface area (Å²) >= 11 is 0. The minimum Gasteiger partial charge on any atom is -0.477 e. The van der Waals surface area contributed by atoms with Gasteiger partial charge in [-0.15, -0.1) is 0 Å². The van der Waals surface area contributed by atoms with Crippen LogP contribution in [0.4, 0.5) is 0 Å². The first kappa shape index (κ1) is 13.5.